The van der Waals surface area contributed by atoms with Crippen LogP contribution in [-0.4, -0.2) is 21.5 Å². The predicted molar refractivity (Wildman–Crippen MR) is 63.4 cm³/mol. The van der Waals surface area contributed by atoms with Crippen LogP contribution in [0.25, 0.3) is 6.08 Å². The van der Waals surface area contributed by atoms with Gasteiger partial charge < -0.3 is 4.74 Å². The van der Waals surface area contributed by atoms with Crippen LogP contribution < -0.4 is 0 Å². The van der Waals surface area contributed by atoms with Crippen LogP contribution in [0, 0.1) is 6.92 Å². The lowest BCUT2D eigenvalue weighted by molar-refractivity contribution is 0.0599. The Balaban J connectivity index is 2.71. The van der Waals surface area contributed by atoms with Crippen molar-refractivity contribution in [3.63, 3.8) is 0 Å². The molecular formula is C12H12O4S. The first kappa shape index (κ1) is 11.9. The summed E-state index contributed by atoms with van der Waals surface area (Å²) in [6, 6.07) is 3.08. The fraction of sp³-hybridized carbons (Fsp3) is 0.250. The van der Waals surface area contributed by atoms with Gasteiger partial charge in [-0.1, -0.05) is 0 Å². The fourth-order valence-electron chi connectivity index (χ4n) is 1.86. The van der Waals surface area contributed by atoms with E-state index in [0.29, 0.717) is 16.0 Å². The number of esters is 1. The van der Waals surface area contributed by atoms with Crippen LogP contribution in [0.3, 0.4) is 0 Å². The van der Waals surface area contributed by atoms with Crippen molar-refractivity contribution in [3.05, 3.63) is 33.7 Å². The van der Waals surface area contributed by atoms with Crippen LogP contribution >= 0.6 is 0 Å². The molecule has 0 bridgehead atoms. The summed E-state index contributed by atoms with van der Waals surface area (Å²) in [5.74, 6) is -0.523. The molecule has 17 heavy (non-hydrogen) atoms. The van der Waals surface area contributed by atoms with Crippen LogP contribution in [0.2, 0.25) is 0 Å². The van der Waals surface area contributed by atoms with Crippen molar-refractivity contribution < 1.29 is 17.9 Å². The molecule has 0 aliphatic carbocycles. The minimum Gasteiger partial charge on any atom is -0.465 e. The predicted octanol–water partition coefficient (Wildman–Crippen LogP) is 1.93. The Bertz CT molecular complexity index is 639. The lowest BCUT2D eigenvalue weighted by atomic mass is 10.0. The van der Waals surface area contributed by atoms with Gasteiger partial charge in [0.05, 0.1) is 17.6 Å². The van der Waals surface area contributed by atoms with Gasteiger partial charge in [-0.3, -0.25) is 0 Å². The number of methoxy groups -OCH3 is 1. The molecule has 0 atom stereocenters. The number of sulfone groups is 1. The highest BCUT2D eigenvalue weighted by Gasteiger charge is 2.28. The molecule has 5 heteroatoms. The van der Waals surface area contributed by atoms with Crippen molar-refractivity contribution in [1.29, 1.82) is 0 Å². The van der Waals surface area contributed by atoms with Gasteiger partial charge in [-0.25, -0.2) is 13.2 Å². The fourth-order valence-corrected chi connectivity index (χ4v) is 3.19. The maximum absolute atomic E-state index is 11.9. The second-order valence-corrected chi connectivity index (χ2v) is 6.05. The molecule has 90 valence electrons. The van der Waals surface area contributed by atoms with E-state index in [1.165, 1.54) is 13.2 Å². The number of carbonyl (C=O) groups is 1. The number of ether oxygens (including phenoxy) is 1. The highest BCUT2D eigenvalue weighted by atomic mass is 32.2. The molecule has 2 rings (SSSR count). The standard InChI is InChI=1S/C12H12O4S/c1-7-4-9-5-8(2)17(14,15)11(9)6-10(7)12(13)16-3/h4-6H,1-3H3. The van der Waals surface area contributed by atoms with Gasteiger partial charge in [-0.05, 0) is 43.2 Å². The van der Waals surface area contributed by atoms with E-state index in [1.807, 2.05) is 0 Å². The largest absolute Gasteiger partial charge is 0.465 e. The molecule has 0 unspecified atom stereocenters. The molecule has 0 radical (unpaired) electrons. The molecule has 1 heterocycles. The number of hydrogen-bond acceptors (Lipinski definition) is 4. The van der Waals surface area contributed by atoms with Crippen molar-refractivity contribution >= 4 is 21.9 Å². The number of rotatable bonds is 1. The maximum Gasteiger partial charge on any atom is 0.338 e. The number of hydrogen-bond donors (Lipinski definition) is 0. The van der Waals surface area contributed by atoms with Crippen LogP contribution in [0.15, 0.2) is 21.9 Å². The first-order valence-corrected chi connectivity index (χ1v) is 6.52. The average molecular weight is 252 g/mol. The van der Waals surface area contributed by atoms with Crippen molar-refractivity contribution in [1.82, 2.24) is 0 Å². The third kappa shape index (κ3) is 1.67. The van der Waals surface area contributed by atoms with Crippen molar-refractivity contribution in [2.45, 2.75) is 18.7 Å². The van der Waals surface area contributed by atoms with Crippen LogP contribution in [0.4, 0.5) is 0 Å². The van der Waals surface area contributed by atoms with Gasteiger partial charge in [0.15, 0.2) is 0 Å². The number of benzene rings is 1. The lowest BCUT2D eigenvalue weighted by Gasteiger charge is -2.07. The maximum atomic E-state index is 11.9. The molecule has 0 amide bonds. The van der Waals surface area contributed by atoms with Crippen LogP contribution in [-0.2, 0) is 14.6 Å². The van der Waals surface area contributed by atoms with E-state index < -0.39 is 15.8 Å². The zero-order chi connectivity index (χ0) is 12.8. The van der Waals surface area contributed by atoms with E-state index in [2.05, 4.69) is 4.74 Å². The number of fused-ring (bicyclic) bond motifs is 1. The first-order chi connectivity index (χ1) is 7.87. The minimum absolute atomic E-state index is 0.181. The summed E-state index contributed by atoms with van der Waals surface area (Å²) in [4.78, 5) is 12.0. The van der Waals surface area contributed by atoms with E-state index in [0.717, 1.165) is 0 Å². The van der Waals surface area contributed by atoms with Gasteiger partial charge in [0.1, 0.15) is 0 Å². The quantitative estimate of drug-likeness (QED) is 0.716. The van der Waals surface area contributed by atoms with E-state index in [-0.39, 0.29) is 10.5 Å². The Morgan fingerprint density at radius 2 is 1.88 bits per heavy atom. The zero-order valence-corrected chi connectivity index (χ0v) is 10.6. The van der Waals surface area contributed by atoms with Crippen molar-refractivity contribution in [2.24, 2.45) is 0 Å². The number of aryl methyl sites for hydroxylation is 1. The van der Waals surface area contributed by atoms with Gasteiger partial charge in [0.2, 0.25) is 9.84 Å². The summed E-state index contributed by atoms with van der Waals surface area (Å²) < 4.78 is 28.5. The van der Waals surface area contributed by atoms with Gasteiger partial charge in [0, 0.05) is 4.91 Å². The topological polar surface area (TPSA) is 60.4 Å². The molecule has 0 saturated heterocycles. The molecule has 0 aromatic heterocycles. The highest BCUT2D eigenvalue weighted by molar-refractivity contribution is 7.95. The summed E-state index contributed by atoms with van der Waals surface area (Å²) in [5.41, 5.74) is 1.63. The monoisotopic (exact) mass is 252 g/mol. The smallest absolute Gasteiger partial charge is 0.338 e. The number of allylic oxidation sites excluding steroid dienone is 1. The molecule has 0 spiro atoms. The molecule has 1 aliphatic heterocycles. The Hall–Kier alpha value is -1.62. The zero-order valence-electron chi connectivity index (χ0n) is 9.77. The molecule has 1 aromatic rings. The van der Waals surface area contributed by atoms with Crippen LogP contribution in [0.1, 0.15) is 28.4 Å². The van der Waals surface area contributed by atoms with Crippen LogP contribution in [0.5, 0.6) is 0 Å². The lowest BCUT2D eigenvalue weighted by Crippen LogP contribution is -2.07. The Labute approximate surface area is 99.8 Å². The molecular weight excluding hydrogens is 240 g/mol. The summed E-state index contributed by atoms with van der Waals surface area (Å²) in [6.07, 6.45) is 1.61. The third-order valence-electron chi connectivity index (χ3n) is 2.83. The molecule has 0 N–H and O–H groups in total. The highest BCUT2D eigenvalue weighted by Crippen LogP contribution is 2.34. The summed E-state index contributed by atoms with van der Waals surface area (Å²) in [7, 11) is -2.14. The van der Waals surface area contributed by atoms with E-state index in [9.17, 15) is 13.2 Å². The second-order valence-electron chi connectivity index (χ2n) is 3.95. The molecule has 0 fully saturated rings. The van der Waals surface area contributed by atoms with Crippen molar-refractivity contribution in [2.75, 3.05) is 7.11 Å². The Morgan fingerprint density at radius 3 is 2.47 bits per heavy atom. The average Bonchev–Trinajstić information content (AvgIpc) is 2.48. The SMILES string of the molecule is COC(=O)c1cc2c(cc1C)C=C(C)S2(=O)=O. The first-order valence-electron chi connectivity index (χ1n) is 5.04. The third-order valence-corrected chi connectivity index (χ3v) is 4.73. The molecule has 1 aliphatic rings. The van der Waals surface area contributed by atoms with Crippen molar-refractivity contribution in [3.8, 4) is 0 Å². The van der Waals surface area contributed by atoms with E-state index >= 15 is 0 Å². The van der Waals surface area contributed by atoms with E-state index in [4.69, 9.17) is 0 Å². The minimum atomic E-state index is -3.41. The summed E-state index contributed by atoms with van der Waals surface area (Å²) >= 11 is 0. The molecule has 4 nitrogen and oxygen atoms in total. The van der Waals surface area contributed by atoms with E-state index in [1.54, 1.807) is 26.0 Å². The van der Waals surface area contributed by atoms with Gasteiger partial charge in [0.25, 0.3) is 0 Å². The normalized spacial score (nSPS) is 16.3. The molecule has 0 saturated carbocycles. The van der Waals surface area contributed by atoms with Gasteiger partial charge >= 0.3 is 5.97 Å². The second kappa shape index (κ2) is 3.70. The Kier molecular flexibility index (Phi) is 2.58. The number of carbonyl (C=O) groups excluding carboxylic acids is 1. The van der Waals surface area contributed by atoms with Gasteiger partial charge in [-0.2, -0.15) is 0 Å². The van der Waals surface area contributed by atoms with Gasteiger partial charge in [-0.15, -0.1) is 0 Å². The summed E-state index contributed by atoms with van der Waals surface area (Å²) in [6.45, 7) is 3.29. The Morgan fingerprint density at radius 1 is 1.24 bits per heavy atom. The molecule has 1 aromatic carbocycles. The summed E-state index contributed by atoms with van der Waals surface area (Å²) in [5, 5.41) is 0.